The van der Waals surface area contributed by atoms with Gasteiger partial charge in [-0.3, -0.25) is 4.79 Å². The fraction of sp³-hybridized carbons (Fsp3) is 0.500. The molecule has 0 aliphatic carbocycles. The first-order chi connectivity index (χ1) is 8.30. The van der Waals surface area contributed by atoms with Crippen molar-refractivity contribution < 1.29 is 19.0 Å². The first kappa shape index (κ1) is 12.9. The normalized spacial score (nSPS) is 18.0. The van der Waals surface area contributed by atoms with E-state index in [1.807, 2.05) is 13.8 Å². The van der Waals surface area contributed by atoms with E-state index in [0.29, 0.717) is 23.3 Å². The van der Waals surface area contributed by atoms with E-state index in [-0.39, 0.29) is 18.2 Å². The molecule has 1 heterocycles. The van der Waals surface area contributed by atoms with Gasteiger partial charge in [-0.05, 0) is 31.4 Å². The second-order valence-corrected chi connectivity index (χ2v) is 5.48. The van der Waals surface area contributed by atoms with Gasteiger partial charge in [-0.25, -0.2) is 4.39 Å². The quantitative estimate of drug-likeness (QED) is 0.899. The van der Waals surface area contributed by atoms with Crippen LogP contribution in [-0.4, -0.2) is 16.7 Å². The van der Waals surface area contributed by atoms with Crippen molar-refractivity contribution in [3.8, 4) is 5.75 Å². The lowest BCUT2D eigenvalue weighted by atomic mass is 9.93. The average Bonchev–Trinajstić information content (AvgIpc) is 2.52. The standard InChI is InChI=1S/C14H17FO3/c1-8(6-12(16)17)9-4-5-11-10(13(9)15)7-14(2,3)18-11/h4-5,8H,6-7H2,1-3H3,(H,16,17). The molecule has 1 aliphatic heterocycles. The Balaban J connectivity index is 2.34. The van der Waals surface area contributed by atoms with Crippen molar-refractivity contribution >= 4 is 5.97 Å². The number of carboxylic acid groups (broad SMARTS) is 1. The number of carbonyl (C=O) groups is 1. The highest BCUT2D eigenvalue weighted by molar-refractivity contribution is 5.68. The summed E-state index contributed by atoms with van der Waals surface area (Å²) < 4.78 is 20.0. The van der Waals surface area contributed by atoms with Crippen LogP contribution in [0, 0.1) is 5.82 Å². The third-order valence-corrected chi connectivity index (χ3v) is 3.23. The fourth-order valence-corrected chi connectivity index (χ4v) is 2.39. The third-order valence-electron chi connectivity index (χ3n) is 3.23. The highest BCUT2D eigenvalue weighted by Gasteiger charge is 2.33. The summed E-state index contributed by atoms with van der Waals surface area (Å²) in [6.07, 6.45) is 0.446. The smallest absolute Gasteiger partial charge is 0.303 e. The molecule has 18 heavy (non-hydrogen) atoms. The Morgan fingerprint density at radius 2 is 2.22 bits per heavy atom. The monoisotopic (exact) mass is 252 g/mol. The van der Waals surface area contributed by atoms with Gasteiger partial charge in [0.2, 0.25) is 0 Å². The van der Waals surface area contributed by atoms with Crippen molar-refractivity contribution in [3.63, 3.8) is 0 Å². The van der Waals surface area contributed by atoms with Gasteiger partial charge in [0.15, 0.2) is 0 Å². The van der Waals surface area contributed by atoms with Gasteiger partial charge in [0, 0.05) is 12.0 Å². The Morgan fingerprint density at radius 3 is 2.83 bits per heavy atom. The minimum atomic E-state index is -0.918. The Bertz CT molecular complexity index is 494. The van der Waals surface area contributed by atoms with E-state index < -0.39 is 11.6 Å². The number of aliphatic carboxylic acids is 1. The maximum absolute atomic E-state index is 14.3. The Morgan fingerprint density at radius 1 is 1.56 bits per heavy atom. The number of ether oxygens (including phenoxy) is 1. The van der Waals surface area contributed by atoms with Crippen molar-refractivity contribution in [2.24, 2.45) is 0 Å². The summed E-state index contributed by atoms with van der Waals surface area (Å²) >= 11 is 0. The van der Waals surface area contributed by atoms with Crippen molar-refractivity contribution in [1.82, 2.24) is 0 Å². The van der Waals surface area contributed by atoms with Crippen LogP contribution in [0.3, 0.4) is 0 Å². The SMILES string of the molecule is CC(CC(=O)O)c1ccc2c(c1F)CC(C)(C)O2. The van der Waals surface area contributed by atoms with E-state index in [1.54, 1.807) is 19.1 Å². The van der Waals surface area contributed by atoms with Gasteiger partial charge in [0.05, 0.1) is 6.42 Å². The van der Waals surface area contributed by atoms with Crippen LogP contribution in [0.4, 0.5) is 4.39 Å². The highest BCUT2D eigenvalue weighted by Crippen LogP contribution is 2.39. The molecule has 0 bridgehead atoms. The first-order valence-electron chi connectivity index (χ1n) is 6.02. The number of rotatable bonds is 3. The van der Waals surface area contributed by atoms with Crippen LogP contribution in [0.25, 0.3) is 0 Å². The number of hydrogen-bond acceptors (Lipinski definition) is 2. The largest absolute Gasteiger partial charge is 0.487 e. The van der Waals surface area contributed by atoms with Gasteiger partial charge in [-0.15, -0.1) is 0 Å². The number of benzene rings is 1. The molecule has 1 aromatic carbocycles. The summed E-state index contributed by atoms with van der Waals surface area (Å²) in [5.74, 6) is -0.994. The fourth-order valence-electron chi connectivity index (χ4n) is 2.39. The molecule has 0 spiro atoms. The minimum Gasteiger partial charge on any atom is -0.487 e. The van der Waals surface area contributed by atoms with Gasteiger partial charge in [-0.2, -0.15) is 0 Å². The molecule has 1 atom stereocenters. The molecule has 1 N–H and O–H groups in total. The predicted octanol–water partition coefficient (Wildman–Crippen LogP) is 3.12. The summed E-state index contributed by atoms with van der Waals surface area (Å²) in [4.78, 5) is 10.7. The van der Waals surface area contributed by atoms with E-state index in [0.717, 1.165) is 0 Å². The van der Waals surface area contributed by atoms with E-state index in [2.05, 4.69) is 0 Å². The summed E-state index contributed by atoms with van der Waals surface area (Å²) in [5.41, 5.74) is 0.630. The highest BCUT2D eigenvalue weighted by atomic mass is 19.1. The van der Waals surface area contributed by atoms with Crippen LogP contribution in [0.15, 0.2) is 12.1 Å². The maximum atomic E-state index is 14.3. The third kappa shape index (κ3) is 2.33. The van der Waals surface area contributed by atoms with Crippen LogP contribution >= 0.6 is 0 Å². The van der Waals surface area contributed by atoms with Crippen molar-refractivity contribution in [2.75, 3.05) is 0 Å². The molecule has 1 unspecified atom stereocenters. The molecule has 0 saturated heterocycles. The summed E-state index contributed by atoms with van der Waals surface area (Å²) in [5, 5.41) is 8.77. The number of hydrogen-bond donors (Lipinski definition) is 1. The molecule has 0 radical (unpaired) electrons. The second-order valence-electron chi connectivity index (χ2n) is 5.48. The average molecular weight is 252 g/mol. The summed E-state index contributed by atoms with van der Waals surface area (Å²) in [6, 6.07) is 3.37. The molecule has 3 nitrogen and oxygen atoms in total. The van der Waals surface area contributed by atoms with Crippen molar-refractivity contribution in [1.29, 1.82) is 0 Å². The Labute approximate surface area is 106 Å². The zero-order valence-corrected chi connectivity index (χ0v) is 10.8. The zero-order chi connectivity index (χ0) is 13.5. The molecule has 2 rings (SSSR count). The van der Waals surface area contributed by atoms with Crippen LogP contribution < -0.4 is 4.74 Å². The topological polar surface area (TPSA) is 46.5 Å². The molecular formula is C14H17FO3. The predicted molar refractivity (Wildman–Crippen MR) is 65.5 cm³/mol. The number of fused-ring (bicyclic) bond motifs is 1. The van der Waals surface area contributed by atoms with E-state index in [9.17, 15) is 9.18 Å². The van der Waals surface area contributed by atoms with Gasteiger partial charge < -0.3 is 9.84 Å². The number of carboxylic acids is 1. The minimum absolute atomic E-state index is 0.0695. The molecule has 1 aliphatic rings. The molecule has 98 valence electrons. The van der Waals surface area contributed by atoms with E-state index in [1.165, 1.54) is 0 Å². The lowest BCUT2D eigenvalue weighted by Crippen LogP contribution is -2.24. The van der Waals surface area contributed by atoms with Gasteiger partial charge >= 0.3 is 5.97 Å². The lowest BCUT2D eigenvalue weighted by molar-refractivity contribution is -0.137. The molecule has 1 aromatic rings. The van der Waals surface area contributed by atoms with Crippen LogP contribution in [0.2, 0.25) is 0 Å². The number of halogens is 1. The van der Waals surface area contributed by atoms with Crippen LogP contribution in [0.5, 0.6) is 5.75 Å². The van der Waals surface area contributed by atoms with Gasteiger partial charge in [-0.1, -0.05) is 13.0 Å². The maximum Gasteiger partial charge on any atom is 0.303 e. The Hall–Kier alpha value is -1.58. The van der Waals surface area contributed by atoms with Crippen molar-refractivity contribution in [2.45, 2.75) is 45.1 Å². The van der Waals surface area contributed by atoms with Crippen LogP contribution in [-0.2, 0) is 11.2 Å². The summed E-state index contributed by atoms with van der Waals surface area (Å²) in [6.45, 7) is 5.54. The van der Waals surface area contributed by atoms with Crippen LogP contribution in [0.1, 0.15) is 44.2 Å². The van der Waals surface area contributed by atoms with Crippen molar-refractivity contribution in [3.05, 3.63) is 29.1 Å². The Kier molecular flexibility index (Phi) is 3.05. The molecule has 0 fully saturated rings. The summed E-state index contributed by atoms with van der Waals surface area (Å²) in [7, 11) is 0. The van der Waals surface area contributed by atoms with E-state index in [4.69, 9.17) is 9.84 Å². The lowest BCUT2D eigenvalue weighted by Gasteiger charge is -2.16. The zero-order valence-electron chi connectivity index (χ0n) is 10.8. The van der Waals surface area contributed by atoms with Gasteiger partial charge in [0.1, 0.15) is 17.2 Å². The molecule has 0 aromatic heterocycles. The molecule has 4 heteroatoms. The molecular weight excluding hydrogens is 235 g/mol. The second kappa shape index (κ2) is 4.26. The molecule has 0 saturated carbocycles. The van der Waals surface area contributed by atoms with Gasteiger partial charge in [0.25, 0.3) is 0 Å². The first-order valence-corrected chi connectivity index (χ1v) is 6.02. The van der Waals surface area contributed by atoms with E-state index >= 15 is 0 Å². The molecule has 0 amide bonds.